The Kier molecular flexibility index (Phi) is 7.31. The number of amides is 1. The average molecular weight is 402 g/mol. The molecule has 1 heterocycles. The Balaban J connectivity index is 2.42. The summed E-state index contributed by atoms with van der Waals surface area (Å²) in [7, 11) is 0. The van der Waals surface area contributed by atoms with Crippen molar-refractivity contribution < 1.29 is 9.53 Å². The van der Waals surface area contributed by atoms with Gasteiger partial charge in [0.05, 0.1) is 5.02 Å². The molecule has 0 atom stereocenters. The number of terminal acetylenes is 1. The smallest absolute Gasteiger partial charge is 0.228 e. The van der Waals surface area contributed by atoms with E-state index in [1.165, 1.54) is 0 Å². The standard InChI is InChI=1S/C18H19Cl3N2O2/c1-3-9-25-17-10-14(15(19)11-16(17)20)13(2)18(21)23-8-6-4-5-7-22(23)12-24/h1,10-12H,4-9H2,2H3/b18-13+. The van der Waals surface area contributed by atoms with Gasteiger partial charge in [-0.3, -0.25) is 14.8 Å². The van der Waals surface area contributed by atoms with Crippen LogP contribution in [-0.2, 0) is 4.79 Å². The van der Waals surface area contributed by atoms with Crippen LogP contribution in [0.3, 0.4) is 0 Å². The molecule has 2 rings (SSSR count). The summed E-state index contributed by atoms with van der Waals surface area (Å²) in [6.07, 6.45) is 8.98. The molecule has 7 heteroatoms. The van der Waals surface area contributed by atoms with Gasteiger partial charge in [0.2, 0.25) is 6.41 Å². The molecule has 134 valence electrons. The van der Waals surface area contributed by atoms with E-state index in [0.717, 1.165) is 31.2 Å². The van der Waals surface area contributed by atoms with Gasteiger partial charge < -0.3 is 4.74 Å². The highest BCUT2D eigenvalue weighted by Gasteiger charge is 2.22. The van der Waals surface area contributed by atoms with E-state index in [4.69, 9.17) is 46.0 Å². The second-order valence-electron chi connectivity index (χ2n) is 5.62. The number of allylic oxidation sites excluding steroid dienone is 1. The van der Waals surface area contributed by atoms with Gasteiger partial charge in [0.15, 0.2) is 0 Å². The van der Waals surface area contributed by atoms with Crippen molar-refractivity contribution in [2.75, 3.05) is 19.7 Å². The fraction of sp³-hybridized carbons (Fsp3) is 0.389. The van der Waals surface area contributed by atoms with E-state index in [1.807, 2.05) is 6.92 Å². The number of hydrazine groups is 1. The van der Waals surface area contributed by atoms with Crippen molar-refractivity contribution in [2.24, 2.45) is 0 Å². The zero-order valence-electron chi connectivity index (χ0n) is 13.9. The van der Waals surface area contributed by atoms with Crippen LogP contribution in [0.25, 0.3) is 5.57 Å². The quantitative estimate of drug-likeness (QED) is 0.404. The molecule has 0 unspecified atom stereocenters. The van der Waals surface area contributed by atoms with Crippen molar-refractivity contribution in [3.63, 3.8) is 0 Å². The monoisotopic (exact) mass is 400 g/mol. The molecule has 0 N–H and O–H groups in total. The first-order chi connectivity index (χ1) is 12.0. The Bertz CT molecular complexity index is 713. The average Bonchev–Trinajstić information content (AvgIpc) is 2.85. The number of hydrogen-bond acceptors (Lipinski definition) is 3. The summed E-state index contributed by atoms with van der Waals surface area (Å²) in [5.74, 6) is 2.83. The number of nitrogens with zero attached hydrogens (tertiary/aromatic N) is 2. The molecule has 1 aromatic rings. The summed E-state index contributed by atoms with van der Waals surface area (Å²) in [5.41, 5.74) is 1.40. The number of ether oxygens (including phenoxy) is 1. The number of carbonyl (C=O) groups is 1. The molecule has 1 fully saturated rings. The molecule has 1 aliphatic heterocycles. The van der Waals surface area contributed by atoms with Gasteiger partial charge in [0.1, 0.15) is 17.5 Å². The van der Waals surface area contributed by atoms with Crippen molar-refractivity contribution in [1.82, 2.24) is 10.0 Å². The zero-order valence-corrected chi connectivity index (χ0v) is 16.2. The third-order valence-corrected chi connectivity index (χ3v) is 5.05. The number of halogens is 3. The van der Waals surface area contributed by atoms with Crippen LogP contribution in [0.15, 0.2) is 17.3 Å². The first-order valence-electron chi connectivity index (χ1n) is 7.91. The van der Waals surface area contributed by atoms with E-state index in [1.54, 1.807) is 22.2 Å². The van der Waals surface area contributed by atoms with Crippen LogP contribution in [0.2, 0.25) is 10.0 Å². The third-order valence-electron chi connectivity index (χ3n) is 3.96. The van der Waals surface area contributed by atoms with Crippen LogP contribution in [0.5, 0.6) is 5.75 Å². The van der Waals surface area contributed by atoms with Gasteiger partial charge in [-0.25, -0.2) is 0 Å². The van der Waals surface area contributed by atoms with Crippen LogP contribution in [-0.4, -0.2) is 36.1 Å². The fourth-order valence-corrected chi connectivity index (χ4v) is 3.50. The Morgan fingerprint density at radius 1 is 1.28 bits per heavy atom. The van der Waals surface area contributed by atoms with Crippen LogP contribution in [0.1, 0.15) is 31.7 Å². The molecule has 4 nitrogen and oxygen atoms in total. The minimum Gasteiger partial charge on any atom is -0.479 e. The third kappa shape index (κ3) is 4.76. The van der Waals surface area contributed by atoms with Crippen molar-refractivity contribution in [3.05, 3.63) is 32.9 Å². The molecule has 1 amide bonds. The van der Waals surface area contributed by atoms with E-state index < -0.39 is 0 Å². The van der Waals surface area contributed by atoms with Crippen molar-refractivity contribution in [3.8, 4) is 18.1 Å². The molecule has 0 saturated carbocycles. The summed E-state index contributed by atoms with van der Waals surface area (Å²) >= 11 is 19.1. The summed E-state index contributed by atoms with van der Waals surface area (Å²) in [6.45, 7) is 3.25. The summed E-state index contributed by atoms with van der Waals surface area (Å²) in [5, 5.41) is 4.64. The lowest BCUT2D eigenvalue weighted by Crippen LogP contribution is -2.40. The molecule has 0 radical (unpaired) electrons. The summed E-state index contributed by atoms with van der Waals surface area (Å²) < 4.78 is 5.45. The summed E-state index contributed by atoms with van der Waals surface area (Å²) in [6, 6.07) is 3.31. The van der Waals surface area contributed by atoms with Gasteiger partial charge >= 0.3 is 0 Å². The maximum Gasteiger partial charge on any atom is 0.228 e. The SMILES string of the molecule is C#CCOc1cc(/C(C)=C(\Cl)N2CCCCCN2C=O)c(Cl)cc1Cl. The normalized spacial score (nSPS) is 16.0. The van der Waals surface area contributed by atoms with Gasteiger partial charge in [-0.05, 0) is 43.9 Å². The van der Waals surface area contributed by atoms with Crippen LogP contribution in [0.4, 0.5) is 0 Å². The number of carbonyl (C=O) groups excluding carboxylic acids is 1. The lowest BCUT2D eigenvalue weighted by Gasteiger charge is -2.32. The Hall–Kier alpha value is -1.54. The number of benzene rings is 1. The topological polar surface area (TPSA) is 32.8 Å². The highest BCUT2D eigenvalue weighted by Crippen LogP contribution is 2.37. The summed E-state index contributed by atoms with van der Waals surface area (Å²) in [4.78, 5) is 11.4. The first-order valence-corrected chi connectivity index (χ1v) is 9.04. The molecule has 1 aliphatic rings. The number of rotatable bonds is 5. The Labute approximate surface area is 163 Å². The first kappa shape index (κ1) is 19.8. The van der Waals surface area contributed by atoms with Crippen molar-refractivity contribution in [2.45, 2.75) is 26.2 Å². The molecule has 0 bridgehead atoms. The molecule has 0 aromatic heterocycles. The molecule has 1 saturated heterocycles. The van der Waals surface area contributed by atoms with Crippen LogP contribution in [0, 0.1) is 12.3 Å². The van der Waals surface area contributed by atoms with Crippen LogP contribution < -0.4 is 4.74 Å². The van der Waals surface area contributed by atoms with Gasteiger partial charge in [-0.15, -0.1) is 6.42 Å². The molecule has 25 heavy (non-hydrogen) atoms. The van der Waals surface area contributed by atoms with Gasteiger partial charge in [-0.2, -0.15) is 0 Å². The second-order valence-corrected chi connectivity index (χ2v) is 6.80. The highest BCUT2D eigenvalue weighted by molar-refractivity contribution is 6.37. The molecule has 1 aromatic carbocycles. The van der Waals surface area contributed by atoms with Crippen LogP contribution >= 0.6 is 34.8 Å². The van der Waals surface area contributed by atoms with E-state index in [0.29, 0.717) is 39.6 Å². The minimum atomic E-state index is 0.0995. The van der Waals surface area contributed by atoms with Gasteiger partial charge in [0.25, 0.3) is 0 Å². The highest BCUT2D eigenvalue weighted by atomic mass is 35.5. The molecule has 0 spiro atoms. The predicted molar refractivity (Wildman–Crippen MR) is 103 cm³/mol. The molecular weight excluding hydrogens is 383 g/mol. The van der Waals surface area contributed by atoms with Gasteiger partial charge in [0, 0.05) is 23.7 Å². The van der Waals surface area contributed by atoms with E-state index in [-0.39, 0.29) is 6.61 Å². The second kappa shape index (κ2) is 9.24. The Morgan fingerprint density at radius 3 is 2.68 bits per heavy atom. The zero-order chi connectivity index (χ0) is 18.4. The largest absolute Gasteiger partial charge is 0.479 e. The van der Waals surface area contributed by atoms with Crippen molar-refractivity contribution >= 4 is 46.8 Å². The lowest BCUT2D eigenvalue weighted by atomic mass is 10.1. The van der Waals surface area contributed by atoms with E-state index in [9.17, 15) is 4.79 Å². The van der Waals surface area contributed by atoms with Crippen molar-refractivity contribution in [1.29, 1.82) is 0 Å². The van der Waals surface area contributed by atoms with E-state index >= 15 is 0 Å². The van der Waals surface area contributed by atoms with Gasteiger partial charge in [-0.1, -0.05) is 40.7 Å². The van der Waals surface area contributed by atoms with E-state index in [2.05, 4.69) is 5.92 Å². The predicted octanol–water partition coefficient (Wildman–Crippen LogP) is 4.79. The Morgan fingerprint density at radius 2 is 2.00 bits per heavy atom. The minimum absolute atomic E-state index is 0.0995. The molecular formula is C18H19Cl3N2O2. The maximum atomic E-state index is 11.4. The lowest BCUT2D eigenvalue weighted by molar-refractivity contribution is -0.129. The maximum absolute atomic E-state index is 11.4. The molecule has 0 aliphatic carbocycles. The number of hydrogen-bond donors (Lipinski definition) is 0. The fourth-order valence-electron chi connectivity index (χ4n) is 2.63.